The van der Waals surface area contributed by atoms with Crippen LogP contribution in [0.5, 0.6) is 5.75 Å². The van der Waals surface area contributed by atoms with Crippen LogP contribution >= 0.6 is 15.9 Å². The van der Waals surface area contributed by atoms with Crippen LogP contribution in [0.25, 0.3) is 0 Å². The van der Waals surface area contributed by atoms with Crippen LogP contribution in [0.1, 0.15) is 21.5 Å². The maximum atomic E-state index is 12.2. The van der Waals surface area contributed by atoms with Crippen molar-refractivity contribution in [1.29, 1.82) is 0 Å². The quantitative estimate of drug-likeness (QED) is 0.675. The molecule has 2 rings (SSSR count). The molecule has 0 spiro atoms. The maximum Gasteiger partial charge on any atom is 0.340 e. The topological polar surface area (TPSA) is 61.5 Å². The average Bonchev–Trinajstić information content (AvgIpc) is 2.46. The second-order valence-electron chi connectivity index (χ2n) is 4.57. The molecule has 0 atom stereocenters. The van der Waals surface area contributed by atoms with Crippen LogP contribution in [0.4, 0.5) is 5.69 Å². The molecule has 0 bridgehead atoms. The number of ether oxygens (including phenoxy) is 2. The molecule has 0 aromatic heterocycles. The van der Waals surface area contributed by atoms with E-state index in [0.717, 1.165) is 15.6 Å². The van der Waals surface area contributed by atoms with Crippen molar-refractivity contribution in [3.05, 3.63) is 57.6 Å². The van der Waals surface area contributed by atoms with Gasteiger partial charge in [-0.2, -0.15) is 0 Å². The first-order valence-electron chi connectivity index (χ1n) is 6.37. The number of nitrogen functional groups attached to an aromatic ring is 1. The Kier molecular flexibility index (Phi) is 4.85. The fourth-order valence-corrected chi connectivity index (χ4v) is 2.33. The van der Waals surface area contributed by atoms with Crippen molar-refractivity contribution >= 4 is 27.6 Å². The first kappa shape index (κ1) is 15.4. The second kappa shape index (κ2) is 6.63. The summed E-state index contributed by atoms with van der Waals surface area (Å²) in [7, 11) is 1.59. The Bertz CT molecular complexity index is 650. The average molecular weight is 350 g/mol. The van der Waals surface area contributed by atoms with Gasteiger partial charge in [0.05, 0.1) is 12.7 Å². The second-order valence-corrected chi connectivity index (χ2v) is 5.43. The third-order valence-electron chi connectivity index (χ3n) is 3.12. The van der Waals surface area contributed by atoms with Gasteiger partial charge in [-0.1, -0.05) is 28.1 Å². The number of hydrogen-bond donors (Lipinski definition) is 1. The van der Waals surface area contributed by atoms with E-state index in [1.54, 1.807) is 19.2 Å². The lowest BCUT2D eigenvalue weighted by Crippen LogP contribution is -2.10. The summed E-state index contributed by atoms with van der Waals surface area (Å²) in [6.45, 7) is 1.97. The minimum Gasteiger partial charge on any atom is -0.497 e. The summed E-state index contributed by atoms with van der Waals surface area (Å²) < 4.78 is 11.4. The van der Waals surface area contributed by atoms with Gasteiger partial charge in [0.1, 0.15) is 12.4 Å². The highest BCUT2D eigenvalue weighted by Gasteiger charge is 2.15. The number of aryl methyl sites for hydroxylation is 1. The molecule has 4 nitrogen and oxygen atoms in total. The van der Waals surface area contributed by atoms with Crippen molar-refractivity contribution in [3.63, 3.8) is 0 Å². The molecule has 0 unspecified atom stereocenters. The number of hydrogen-bond acceptors (Lipinski definition) is 4. The van der Waals surface area contributed by atoms with E-state index < -0.39 is 5.97 Å². The number of benzene rings is 2. The standard InChI is InChI=1S/C16H16BrNO3/c1-10-4-3-5-14(18)15(10)16(19)21-9-11-8-12(20-2)6-7-13(11)17/h3-8H,9,18H2,1-2H3. The molecule has 2 aromatic carbocycles. The summed E-state index contributed by atoms with van der Waals surface area (Å²) in [6.07, 6.45) is 0. The van der Waals surface area contributed by atoms with Gasteiger partial charge in [-0.25, -0.2) is 4.79 Å². The fraction of sp³-hybridized carbons (Fsp3) is 0.188. The molecular formula is C16H16BrNO3. The number of carbonyl (C=O) groups excluding carboxylic acids is 1. The number of halogens is 1. The van der Waals surface area contributed by atoms with E-state index in [9.17, 15) is 4.79 Å². The van der Waals surface area contributed by atoms with Gasteiger partial charge in [0.2, 0.25) is 0 Å². The van der Waals surface area contributed by atoms with Crippen LogP contribution in [0.15, 0.2) is 40.9 Å². The predicted molar refractivity (Wildman–Crippen MR) is 85.4 cm³/mol. The van der Waals surface area contributed by atoms with Crippen molar-refractivity contribution in [2.45, 2.75) is 13.5 Å². The molecule has 0 heterocycles. The Labute approximate surface area is 132 Å². The van der Waals surface area contributed by atoms with Gasteiger partial charge in [0, 0.05) is 15.7 Å². The van der Waals surface area contributed by atoms with E-state index in [-0.39, 0.29) is 6.61 Å². The lowest BCUT2D eigenvalue weighted by Gasteiger charge is -2.11. The number of rotatable bonds is 4. The Balaban J connectivity index is 2.15. The molecule has 0 radical (unpaired) electrons. The molecule has 0 aliphatic rings. The SMILES string of the molecule is COc1ccc(Br)c(COC(=O)c2c(C)cccc2N)c1. The molecule has 0 aliphatic carbocycles. The van der Waals surface area contributed by atoms with E-state index in [0.29, 0.717) is 17.0 Å². The smallest absolute Gasteiger partial charge is 0.340 e. The van der Waals surface area contributed by atoms with Crippen LogP contribution in [0.2, 0.25) is 0 Å². The molecular weight excluding hydrogens is 334 g/mol. The first-order valence-corrected chi connectivity index (χ1v) is 7.17. The van der Waals surface area contributed by atoms with Crippen LogP contribution in [-0.4, -0.2) is 13.1 Å². The summed E-state index contributed by atoms with van der Waals surface area (Å²) in [4.78, 5) is 12.2. The summed E-state index contributed by atoms with van der Waals surface area (Å²) in [5.74, 6) is 0.278. The summed E-state index contributed by atoms with van der Waals surface area (Å²) >= 11 is 3.42. The lowest BCUT2D eigenvalue weighted by molar-refractivity contribution is 0.0472. The van der Waals surface area contributed by atoms with E-state index in [1.165, 1.54) is 0 Å². The van der Waals surface area contributed by atoms with Crippen LogP contribution in [-0.2, 0) is 11.3 Å². The first-order chi connectivity index (χ1) is 10.0. The fourth-order valence-electron chi connectivity index (χ4n) is 1.97. The highest BCUT2D eigenvalue weighted by atomic mass is 79.9. The van der Waals surface area contributed by atoms with E-state index in [1.807, 2.05) is 31.2 Å². The van der Waals surface area contributed by atoms with Crippen molar-refractivity contribution < 1.29 is 14.3 Å². The molecule has 2 aromatic rings. The minimum absolute atomic E-state index is 0.143. The van der Waals surface area contributed by atoms with Gasteiger partial charge >= 0.3 is 5.97 Å². The van der Waals surface area contributed by atoms with Crippen LogP contribution in [0, 0.1) is 6.92 Å². The number of carbonyl (C=O) groups is 1. The molecule has 0 saturated carbocycles. The van der Waals surface area contributed by atoms with Gasteiger partial charge in [0.15, 0.2) is 0 Å². The van der Waals surface area contributed by atoms with E-state index in [2.05, 4.69) is 15.9 Å². The molecule has 110 valence electrons. The van der Waals surface area contributed by atoms with Crippen molar-refractivity contribution in [3.8, 4) is 5.75 Å². The zero-order valence-corrected chi connectivity index (χ0v) is 13.4. The Morgan fingerprint density at radius 3 is 2.71 bits per heavy atom. The number of anilines is 1. The Morgan fingerprint density at radius 2 is 2.05 bits per heavy atom. The molecule has 0 saturated heterocycles. The highest BCUT2D eigenvalue weighted by Crippen LogP contribution is 2.24. The number of esters is 1. The zero-order chi connectivity index (χ0) is 15.4. The van der Waals surface area contributed by atoms with E-state index >= 15 is 0 Å². The normalized spacial score (nSPS) is 10.2. The largest absolute Gasteiger partial charge is 0.497 e. The molecule has 0 aliphatic heterocycles. The number of nitrogens with two attached hydrogens (primary N) is 1. The van der Waals surface area contributed by atoms with Gasteiger partial charge < -0.3 is 15.2 Å². The molecule has 0 amide bonds. The van der Waals surface area contributed by atoms with Gasteiger partial charge in [-0.15, -0.1) is 0 Å². The molecule has 0 fully saturated rings. The lowest BCUT2D eigenvalue weighted by atomic mass is 10.1. The summed E-state index contributed by atoms with van der Waals surface area (Å²) in [5.41, 5.74) is 8.30. The Morgan fingerprint density at radius 1 is 1.29 bits per heavy atom. The minimum atomic E-state index is -0.430. The molecule has 2 N–H and O–H groups in total. The monoisotopic (exact) mass is 349 g/mol. The van der Waals surface area contributed by atoms with Gasteiger partial charge in [-0.3, -0.25) is 0 Å². The van der Waals surface area contributed by atoms with Gasteiger partial charge in [-0.05, 0) is 36.8 Å². The van der Waals surface area contributed by atoms with Crippen molar-refractivity contribution in [2.75, 3.05) is 12.8 Å². The van der Waals surface area contributed by atoms with E-state index in [4.69, 9.17) is 15.2 Å². The van der Waals surface area contributed by atoms with Crippen LogP contribution < -0.4 is 10.5 Å². The highest BCUT2D eigenvalue weighted by molar-refractivity contribution is 9.10. The summed E-state index contributed by atoms with van der Waals surface area (Å²) in [6, 6.07) is 10.8. The Hall–Kier alpha value is -2.01. The molecule has 21 heavy (non-hydrogen) atoms. The van der Waals surface area contributed by atoms with Crippen molar-refractivity contribution in [2.24, 2.45) is 0 Å². The van der Waals surface area contributed by atoms with Gasteiger partial charge in [0.25, 0.3) is 0 Å². The number of methoxy groups -OCH3 is 1. The zero-order valence-electron chi connectivity index (χ0n) is 11.9. The summed E-state index contributed by atoms with van der Waals surface area (Å²) in [5, 5.41) is 0. The third kappa shape index (κ3) is 3.55. The van der Waals surface area contributed by atoms with Crippen LogP contribution in [0.3, 0.4) is 0 Å². The molecule has 5 heteroatoms. The van der Waals surface area contributed by atoms with Crippen molar-refractivity contribution in [1.82, 2.24) is 0 Å². The predicted octanol–water partition coefficient (Wildman–Crippen LogP) is 3.71. The third-order valence-corrected chi connectivity index (χ3v) is 3.89. The maximum absolute atomic E-state index is 12.2.